The highest BCUT2D eigenvalue weighted by Gasteiger charge is 2.33. The predicted octanol–water partition coefficient (Wildman–Crippen LogP) is 4.67. The van der Waals surface area contributed by atoms with Gasteiger partial charge in [0.25, 0.3) is 0 Å². The van der Waals surface area contributed by atoms with Crippen molar-refractivity contribution in [3.63, 3.8) is 0 Å². The summed E-state index contributed by atoms with van der Waals surface area (Å²) in [6.07, 6.45) is 8.26. The summed E-state index contributed by atoms with van der Waals surface area (Å²) >= 11 is 0. The minimum atomic E-state index is -0.495. The zero-order valence-electron chi connectivity index (χ0n) is 23.9. The molecule has 2 aliphatic rings. The van der Waals surface area contributed by atoms with E-state index >= 15 is 0 Å². The Kier molecular flexibility index (Phi) is 12.6. The van der Waals surface area contributed by atoms with Crippen LogP contribution < -0.4 is 10.8 Å². The molecule has 0 radical (unpaired) electrons. The fourth-order valence-corrected chi connectivity index (χ4v) is 5.53. The summed E-state index contributed by atoms with van der Waals surface area (Å²) in [5.41, 5.74) is 5.49. The van der Waals surface area contributed by atoms with Crippen molar-refractivity contribution < 1.29 is 29.4 Å². The third-order valence-corrected chi connectivity index (χ3v) is 7.95. The molecule has 0 spiro atoms. The third kappa shape index (κ3) is 10.2. The Morgan fingerprint density at radius 1 is 0.805 bits per heavy atom. The van der Waals surface area contributed by atoms with E-state index in [-0.39, 0.29) is 31.1 Å². The first kappa shape index (κ1) is 31.1. The Hall–Kier alpha value is -2.82. The molecular weight excluding hydrogens is 522 g/mol. The van der Waals surface area contributed by atoms with E-state index in [0.717, 1.165) is 48.3 Å². The molecule has 3 atom stereocenters. The van der Waals surface area contributed by atoms with E-state index in [0.29, 0.717) is 25.8 Å². The van der Waals surface area contributed by atoms with Gasteiger partial charge < -0.3 is 24.8 Å². The molecule has 224 valence electrons. The highest BCUT2D eigenvalue weighted by atomic mass is 16.7. The number of nitrogens with zero attached hydrogens (tertiary/aromatic N) is 1. The van der Waals surface area contributed by atoms with Gasteiger partial charge in [-0.3, -0.25) is 14.8 Å². The molecule has 9 nitrogen and oxygen atoms in total. The van der Waals surface area contributed by atoms with Gasteiger partial charge in [-0.2, -0.15) is 0 Å². The number of carbonyl (C=O) groups excluding carboxylic acids is 2. The van der Waals surface area contributed by atoms with Gasteiger partial charge in [0.2, 0.25) is 11.8 Å². The molecule has 9 heteroatoms. The lowest BCUT2D eigenvalue weighted by Gasteiger charge is -2.38. The number of rotatable bonds is 12. The second-order valence-corrected chi connectivity index (χ2v) is 11.2. The molecule has 4 N–H and O–H groups in total. The fourth-order valence-electron chi connectivity index (χ4n) is 5.53. The number of unbranched alkanes of at least 4 members (excludes halogenated alkanes) is 1. The van der Waals surface area contributed by atoms with E-state index in [9.17, 15) is 14.7 Å². The maximum Gasteiger partial charge on any atom is 0.243 e. The van der Waals surface area contributed by atoms with Crippen LogP contribution in [0.1, 0.15) is 98.9 Å². The Morgan fingerprint density at radius 3 is 2.07 bits per heavy atom. The Balaban J connectivity index is 1.36. The first-order valence-electron chi connectivity index (χ1n) is 15.1. The van der Waals surface area contributed by atoms with Gasteiger partial charge in [0.05, 0.1) is 18.8 Å². The quantitative estimate of drug-likeness (QED) is 0.167. The number of carbonyl (C=O) groups is 2. The summed E-state index contributed by atoms with van der Waals surface area (Å²) in [5, 5.41) is 20.9. The Morgan fingerprint density at radius 2 is 1.41 bits per heavy atom. The number of hydrogen-bond donors (Lipinski definition) is 4. The average Bonchev–Trinajstić information content (AvgIpc) is 2.99. The van der Waals surface area contributed by atoms with Gasteiger partial charge in [0, 0.05) is 37.9 Å². The van der Waals surface area contributed by atoms with Crippen molar-refractivity contribution in [3.8, 4) is 0 Å². The van der Waals surface area contributed by atoms with E-state index in [4.69, 9.17) is 14.7 Å². The standard InChI is InChI=1S/C32H45N3O6/c36-23-25-12-14-26(15-13-25)29-20-28(22-35-18-6-2-1-3-7-19-35)40-32(41-29)27-16-10-24(11-17-27)21-33-30(37)8-4-5-9-31(38)34-39/h10-17,28-29,32,36,39H,1-9,18-23H2,(H,33,37)(H,34,38)/t28-,29+,32+/m0/s1. The molecule has 0 saturated carbocycles. The Labute approximate surface area is 243 Å². The molecule has 41 heavy (non-hydrogen) atoms. The van der Waals surface area contributed by atoms with E-state index in [1.807, 2.05) is 48.5 Å². The van der Waals surface area contributed by atoms with Gasteiger partial charge in [0.15, 0.2) is 6.29 Å². The number of aliphatic hydroxyl groups excluding tert-OH is 1. The molecule has 2 aromatic rings. The zero-order chi connectivity index (χ0) is 28.9. The molecule has 2 heterocycles. The summed E-state index contributed by atoms with van der Waals surface area (Å²) in [6.45, 7) is 3.55. The van der Waals surface area contributed by atoms with Gasteiger partial charge in [0.1, 0.15) is 0 Å². The number of aliphatic hydroxyl groups is 1. The molecule has 2 saturated heterocycles. The van der Waals surface area contributed by atoms with Gasteiger partial charge in [-0.15, -0.1) is 0 Å². The normalized spacial score (nSPS) is 22.0. The summed E-state index contributed by atoms with van der Waals surface area (Å²) in [4.78, 5) is 25.8. The number of hydroxylamine groups is 1. The summed E-state index contributed by atoms with van der Waals surface area (Å²) in [7, 11) is 0. The molecule has 4 rings (SSSR count). The average molecular weight is 568 g/mol. The van der Waals surface area contributed by atoms with E-state index in [2.05, 4.69) is 10.2 Å². The second kappa shape index (κ2) is 16.6. The summed E-state index contributed by atoms with van der Waals surface area (Å²) in [5.74, 6) is -0.509. The maximum absolute atomic E-state index is 12.2. The van der Waals surface area contributed by atoms with Crippen LogP contribution in [0.3, 0.4) is 0 Å². The van der Waals surface area contributed by atoms with Crippen LogP contribution in [-0.4, -0.2) is 52.8 Å². The number of likely N-dealkylation sites (tertiary alicyclic amines) is 1. The van der Waals surface area contributed by atoms with Crippen molar-refractivity contribution in [1.82, 2.24) is 15.7 Å². The molecular formula is C32H45N3O6. The largest absolute Gasteiger partial charge is 0.392 e. The summed E-state index contributed by atoms with van der Waals surface area (Å²) in [6, 6.07) is 16.0. The van der Waals surface area contributed by atoms with Crippen LogP contribution in [0.2, 0.25) is 0 Å². The number of hydrogen-bond acceptors (Lipinski definition) is 7. The molecule has 0 bridgehead atoms. The first-order valence-corrected chi connectivity index (χ1v) is 15.1. The van der Waals surface area contributed by atoms with Crippen LogP contribution >= 0.6 is 0 Å². The van der Waals surface area contributed by atoms with Crippen molar-refractivity contribution in [2.45, 2.75) is 95.9 Å². The van der Waals surface area contributed by atoms with E-state index in [1.165, 1.54) is 32.1 Å². The third-order valence-electron chi connectivity index (χ3n) is 7.95. The molecule has 2 fully saturated rings. The van der Waals surface area contributed by atoms with Gasteiger partial charge in [-0.25, -0.2) is 5.48 Å². The van der Waals surface area contributed by atoms with Crippen molar-refractivity contribution in [3.05, 3.63) is 70.8 Å². The Bertz CT molecular complexity index is 1070. The van der Waals surface area contributed by atoms with Crippen LogP contribution in [0.5, 0.6) is 0 Å². The van der Waals surface area contributed by atoms with Crippen LogP contribution in [0.25, 0.3) is 0 Å². The monoisotopic (exact) mass is 567 g/mol. The number of benzene rings is 2. The lowest BCUT2D eigenvalue weighted by atomic mass is 9.99. The van der Waals surface area contributed by atoms with E-state index < -0.39 is 12.2 Å². The molecule has 0 aliphatic carbocycles. The highest BCUT2D eigenvalue weighted by Crippen LogP contribution is 2.38. The SMILES string of the molecule is O=C(CCCCC(=O)NCc1ccc([C@@H]2O[C@H](CN3CCCCCCC3)C[C@H](c3ccc(CO)cc3)O2)cc1)NO. The van der Waals surface area contributed by atoms with Crippen LogP contribution in [0.15, 0.2) is 48.5 Å². The van der Waals surface area contributed by atoms with Crippen LogP contribution in [0.4, 0.5) is 0 Å². The van der Waals surface area contributed by atoms with Crippen LogP contribution in [-0.2, 0) is 32.2 Å². The highest BCUT2D eigenvalue weighted by molar-refractivity contribution is 5.76. The van der Waals surface area contributed by atoms with Crippen molar-refractivity contribution in [2.75, 3.05) is 19.6 Å². The molecule has 2 aromatic carbocycles. The minimum absolute atomic E-state index is 0.0191. The van der Waals surface area contributed by atoms with Gasteiger partial charge in [-0.1, -0.05) is 67.8 Å². The smallest absolute Gasteiger partial charge is 0.243 e. The lowest BCUT2D eigenvalue weighted by Crippen LogP contribution is -2.40. The zero-order valence-corrected chi connectivity index (χ0v) is 23.9. The summed E-state index contributed by atoms with van der Waals surface area (Å²) < 4.78 is 13.0. The molecule has 0 unspecified atom stereocenters. The van der Waals surface area contributed by atoms with Gasteiger partial charge in [-0.05, 0) is 55.5 Å². The number of nitrogens with one attached hydrogen (secondary N) is 2. The van der Waals surface area contributed by atoms with Crippen molar-refractivity contribution in [1.29, 1.82) is 0 Å². The number of amides is 2. The maximum atomic E-state index is 12.2. The topological polar surface area (TPSA) is 120 Å². The first-order chi connectivity index (χ1) is 20.0. The second-order valence-electron chi connectivity index (χ2n) is 11.2. The van der Waals surface area contributed by atoms with Crippen molar-refractivity contribution >= 4 is 11.8 Å². The van der Waals surface area contributed by atoms with Crippen molar-refractivity contribution in [2.24, 2.45) is 0 Å². The molecule has 2 aliphatic heterocycles. The minimum Gasteiger partial charge on any atom is -0.392 e. The molecule has 2 amide bonds. The number of ether oxygens (including phenoxy) is 2. The van der Waals surface area contributed by atoms with E-state index in [1.54, 1.807) is 5.48 Å². The van der Waals surface area contributed by atoms with Gasteiger partial charge >= 0.3 is 0 Å². The predicted molar refractivity (Wildman–Crippen MR) is 155 cm³/mol. The fraction of sp³-hybridized carbons (Fsp3) is 0.562. The van der Waals surface area contributed by atoms with Crippen LogP contribution in [0, 0.1) is 0 Å². The molecule has 0 aromatic heterocycles. The lowest BCUT2D eigenvalue weighted by molar-refractivity contribution is -0.253.